The minimum atomic E-state index is 0.0864. The summed E-state index contributed by atoms with van der Waals surface area (Å²) in [6.45, 7) is 16.6. The molecule has 0 aliphatic carbocycles. The van der Waals surface area contributed by atoms with Crippen molar-refractivity contribution in [3.63, 3.8) is 0 Å². The molecule has 1 aromatic carbocycles. The molecule has 1 atom stereocenters. The molecule has 0 spiro atoms. The van der Waals surface area contributed by atoms with E-state index in [0.29, 0.717) is 6.61 Å². The van der Waals surface area contributed by atoms with E-state index in [1.807, 2.05) is 12.1 Å². The van der Waals surface area contributed by atoms with Crippen LogP contribution in [0.25, 0.3) is 0 Å². The van der Waals surface area contributed by atoms with Crippen LogP contribution in [0, 0.1) is 16.2 Å². The zero-order valence-electron chi connectivity index (χ0n) is 14.1. The first kappa shape index (κ1) is 16.9. The van der Waals surface area contributed by atoms with Crippen molar-refractivity contribution in [3.05, 3.63) is 24.3 Å². The van der Waals surface area contributed by atoms with Crippen molar-refractivity contribution in [2.45, 2.75) is 54.9 Å². The highest BCUT2D eigenvalue weighted by molar-refractivity contribution is 5.30. The molecule has 2 heteroatoms. The van der Waals surface area contributed by atoms with Crippen molar-refractivity contribution in [2.24, 2.45) is 16.2 Å². The third-order valence-electron chi connectivity index (χ3n) is 4.13. The first-order valence-electron chi connectivity index (χ1n) is 7.35. The lowest BCUT2D eigenvalue weighted by Gasteiger charge is -2.45. The molecule has 1 N–H and O–H groups in total. The monoisotopic (exact) mass is 278 g/mol. The summed E-state index contributed by atoms with van der Waals surface area (Å²) in [7, 11) is 0. The van der Waals surface area contributed by atoms with E-state index in [9.17, 15) is 5.11 Å². The summed E-state index contributed by atoms with van der Waals surface area (Å²) in [6.07, 6.45) is 1.10. The summed E-state index contributed by atoms with van der Waals surface area (Å²) in [5.74, 6) is 1.08. The van der Waals surface area contributed by atoms with Crippen molar-refractivity contribution in [1.82, 2.24) is 0 Å². The van der Waals surface area contributed by atoms with Crippen LogP contribution in [0.3, 0.4) is 0 Å². The van der Waals surface area contributed by atoms with Gasteiger partial charge < -0.3 is 9.84 Å². The Labute approximate surface area is 124 Å². The van der Waals surface area contributed by atoms with Gasteiger partial charge in [-0.3, -0.25) is 0 Å². The minimum absolute atomic E-state index is 0.0864. The van der Waals surface area contributed by atoms with Gasteiger partial charge in [-0.05, 0) is 41.5 Å². The molecule has 0 saturated carbocycles. The zero-order valence-corrected chi connectivity index (χ0v) is 14.1. The molecule has 0 amide bonds. The van der Waals surface area contributed by atoms with E-state index >= 15 is 0 Å². The highest BCUT2D eigenvalue weighted by Crippen LogP contribution is 2.46. The molecule has 0 radical (unpaired) electrons. The van der Waals surface area contributed by atoms with Gasteiger partial charge in [0.25, 0.3) is 0 Å². The first-order valence-corrected chi connectivity index (χ1v) is 7.35. The number of benzene rings is 1. The molecule has 0 heterocycles. The molecule has 0 aliphatic rings. The molecule has 114 valence electrons. The minimum Gasteiger partial charge on any atom is -0.508 e. The highest BCUT2D eigenvalue weighted by Gasteiger charge is 2.41. The van der Waals surface area contributed by atoms with Crippen molar-refractivity contribution in [2.75, 3.05) is 6.61 Å². The lowest BCUT2D eigenvalue weighted by atomic mass is 9.62. The van der Waals surface area contributed by atoms with Crippen LogP contribution in [-0.2, 0) is 0 Å². The fourth-order valence-electron chi connectivity index (χ4n) is 2.49. The van der Waals surface area contributed by atoms with Crippen LogP contribution in [0.1, 0.15) is 54.9 Å². The Kier molecular flexibility index (Phi) is 4.78. The topological polar surface area (TPSA) is 29.5 Å². The molecule has 1 rings (SSSR count). The normalized spacial score (nSPS) is 15.8. The molecule has 0 fully saturated rings. The molecule has 1 unspecified atom stereocenters. The number of hydrogen-bond donors (Lipinski definition) is 1. The molecule has 0 saturated heterocycles. The molecule has 0 aromatic heterocycles. The standard InChI is InChI=1S/C18H30O2/c1-16(2,3)12-18(7,17(4,5)6)13-20-15-10-8-14(19)9-11-15/h8-11,19H,12-13H2,1-7H3. The van der Waals surface area contributed by atoms with E-state index in [1.165, 1.54) is 0 Å². The van der Waals surface area contributed by atoms with Crippen LogP contribution in [-0.4, -0.2) is 11.7 Å². The summed E-state index contributed by atoms with van der Waals surface area (Å²) in [4.78, 5) is 0. The average molecular weight is 278 g/mol. The maximum Gasteiger partial charge on any atom is 0.119 e. The second-order valence-corrected chi connectivity index (χ2v) is 8.33. The SMILES string of the molecule is CC(C)(C)CC(C)(COc1ccc(O)cc1)C(C)(C)C. The number of aromatic hydroxyl groups is 1. The van der Waals surface area contributed by atoms with Crippen molar-refractivity contribution in [1.29, 1.82) is 0 Å². The van der Waals surface area contributed by atoms with Gasteiger partial charge in [0.15, 0.2) is 0 Å². The Hall–Kier alpha value is -1.18. The lowest BCUT2D eigenvalue weighted by Crippen LogP contribution is -2.41. The van der Waals surface area contributed by atoms with E-state index in [4.69, 9.17) is 4.74 Å². The van der Waals surface area contributed by atoms with Gasteiger partial charge in [0.2, 0.25) is 0 Å². The quantitative estimate of drug-likeness (QED) is 0.814. The summed E-state index contributed by atoms with van der Waals surface area (Å²) in [6, 6.07) is 6.95. The third kappa shape index (κ3) is 4.73. The van der Waals surface area contributed by atoms with Crippen molar-refractivity contribution in [3.8, 4) is 11.5 Å². The van der Waals surface area contributed by atoms with Crippen LogP contribution < -0.4 is 4.74 Å². The number of phenolic OH excluding ortho intramolecular Hbond substituents is 1. The molecule has 0 aliphatic heterocycles. The van der Waals surface area contributed by atoms with Crippen LogP contribution >= 0.6 is 0 Å². The molecule has 20 heavy (non-hydrogen) atoms. The molecule has 0 bridgehead atoms. The van der Waals surface area contributed by atoms with Gasteiger partial charge in [0.1, 0.15) is 11.5 Å². The Bertz CT molecular complexity index is 420. The van der Waals surface area contributed by atoms with Gasteiger partial charge in [0, 0.05) is 5.41 Å². The fraction of sp³-hybridized carbons (Fsp3) is 0.667. The Balaban J connectivity index is 2.83. The molecular weight excluding hydrogens is 248 g/mol. The Morgan fingerprint density at radius 2 is 1.40 bits per heavy atom. The smallest absolute Gasteiger partial charge is 0.119 e. The zero-order chi connectivity index (χ0) is 15.6. The van der Waals surface area contributed by atoms with E-state index < -0.39 is 0 Å². The molecular formula is C18H30O2. The van der Waals surface area contributed by atoms with Gasteiger partial charge in [-0.25, -0.2) is 0 Å². The summed E-state index contributed by atoms with van der Waals surface area (Å²) >= 11 is 0. The predicted octanol–water partition coefficient (Wildman–Crippen LogP) is 5.26. The first-order chi connectivity index (χ1) is 8.93. The van der Waals surface area contributed by atoms with E-state index in [0.717, 1.165) is 12.2 Å². The number of phenols is 1. The second-order valence-electron chi connectivity index (χ2n) is 8.33. The van der Waals surface area contributed by atoms with Crippen LogP contribution in [0.5, 0.6) is 11.5 Å². The molecule has 2 nitrogen and oxygen atoms in total. The largest absolute Gasteiger partial charge is 0.508 e. The maximum absolute atomic E-state index is 9.31. The van der Waals surface area contributed by atoms with Crippen LogP contribution in [0.15, 0.2) is 24.3 Å². The van der Waals surface area contributed by atoms with E-state index in [2.05, 4.69) is 48.5 Å². The number of ether oxygens (including phenoxy) is 1. The van der Waals surface area contributed by atoms with Gasteiger partial charge in [-0.1, -0.05) is 48.5 Å². The summed E-state index contributed by atoms with van der Waals surface area (Å²) in [5, 5.41) is 9.31. The van der Waals surface area contributed by atoms with Crippen molar-refractivity contribution < 1.29 is 9.84 Å². The maximum atomic E-state index is 9.31. The Morgan fingerprint density at radius 3 is 1.80 bits per heavy atom. The number of rotatable bonds is 4. The van der Waals surface area contributed by atoms with Crippen LogP contribution in [0.2, 0.25) is 0 Å². The number of hydrogen-bond acceptors (Lipinski definition) is 2. The van der Waals surface area contributed by atoms with Gasteiger partial charge >= 0.3 is 0 Å². The van der Waals surface area contributed by atoms with Crippen LogP contribution in [0.4, 0.5) is 0 Å². The molecule has 1 aromatic rings. The second kappa shape index (κ2) is 5.67. The predicted molar refractivity (Wildman–Crippen MR) is 85.2 cm³/mol. The summed E-state index contributed by atoms with van der Waals surface area (Å²) < 4.78 is 5.99. The fourth-order valence-corrected chi connectivity index (χ4v) is 2.49. The van der Waals surface area contributed by atoms with E-state index in [-0.39, 0.29) is 22.0 Å². The summed E-state index contributed by atoms with van der Waals surface area (Å²) in [5.41, 5.74) is 0.515. The van der Waals surface area contributed by atoms with Gasteiger partial charge in [-0.15, -0.1) is 0 Å². The lowest BCUT2D eigenvalue weighted by molar-refractivity contribution is 0.00641. The highest BCUT2D eigenvalue weighted by atomic mass is 16.5. The Morgan fingerprint density at radius 1 is 0.900 bits per heavy atom. The van der Waals surface area contributed by atoms with E-state index in [1.54, 1.807) is 12.1 Å². The average Bonchev–Trinajstić information content (AvgIpc) is 2.24. The van der Waals surface area contributed by atoms with Crippen molar-refractivity contribution >= 4 is 0 Å². The third-order valence-corrected chi connectivity index (χ3v) is 4.13. The van der Waals surface area contributed by atoms with Gasteiger partial charge in [0.05, 0.1) is 6.61 Å². The van der Waals surface area contributed by atoms with Gasteiger partial charge in [-0.2, -0.15) is 0 Å².